The van der Waals surface area contributed by atoms with Gasteiger partial charge in [0.25, 0.3) is 10.1 Å². The zero-order valence-corrected chi connectivity index (χ0v) is 36.5. The molecule has 0 aromatic heterocycles. The summed E-state index contributed by atoms with van der Waals surface area (Å²) in [6.07, 6.45) is 62.5. The number of carbonyl (C=O) groups is 1. The van der Waals surface area contributed by atoms with E-state index in [4.69, 9.17) is 0 Å². The van der Waals surface area contributed by atoms with Crippen molar-refractivity contribution in [3.63, 3.8) is 0 Å². The second-order valence-corrected chi connectivity index (χ2v) is 16.4. The summed E-state index contributed by atoms with van der Waals surface area (Å²) in [6.45, 7) is 4.41. The summed E-state index contributed by atoms with van der Waals surface area (Å²) in [6, 6.07) is -1.10. The second-order valence-electron chi connectivity index (χ2n) is 14.9. The molecule has 0 aromatic rings. The maximum absolute atomic E-state index is 12.5. The Labute approximate surface area is 345 Å². The van der Waals surface area contributed by atoms with Gasteiger partial charge in [0, 0.05) is 6.42 Å². The van der Waals surface area contributed by atoms with Crippen LogP contribution in [0.4, 0.5) is 0 Å². The topological polar surface area (TPSA) is 104 Å². The zero-order valence-electron chi connectivity index (χ0n) is 35.7. The highest BCUT2D eigenvalue weighted by molar-refractivity contribution is 7.85. The minimum absolute atomic E-state index is 0.256. The van der Waals surface area contributed by atoms with Crippen LogP contribution in [0.5, 0.6) is 0 Å². The molecule has 0 fully saturated rings. The molecule has 1 amide bonds. The third-order valence-electron chi connectivity index (χ3n) is 9.47. The highest BCUT2D eigenvalue weighted by atomic mass is 32.2. The van der Waals surface area contributed by atoms with Crippen molar-refractivity contribution >= 4 is 16.0 Å². The van der Waals surface area contributed by atoms with E-state index in [0.717, 1.165) is 83.5 Å². The van der Waals surface area contributed by atoms with Crippen molar-refractivity contribution in [1.82, 2.24) is 5.32 Å². The predicted octanol–water partition coefficient (Wildman–Crippen LogP) is 13.7. The molecule has 0 aliphatic heterocycles. The molecule has 3 N–H and O–H groups in total. The Kier molecular flexibility index (Phi) is 39.8. The van der Waals surface area contributed by atoms with Gasteiger partial charge in [-0.15, -0.1) is 0 Å². The summed E-state index contributed by atoms with van der Waals surface area (Å²) in [7, 11) is -4.37. The molecule has 2 unspecified atom stereocenters. The van der Waals surface area contributed by atoms with Gasteiger partial charge in [-0.2, -0.15) is 8.42 Å². The molecule has 0 radical (unpaired) electrons. The predicted molar refractivity (Wildman–Crippen MR) is 243 cm³/mol. The van der Waals surface area contributed by atoms with Crippen LogP contribution in [0.1, 0.15) is 187 Å². The molecule has 6 nitrogen and oxygen atoms in total. The Balaban J connectivity index is 4.03. The minimum atomic E-state index is -4.37. The quantitative estimate of drug-likeness (QED) is 0.0326. The fourth-order valence-corrected chi connectivity index (χ4v) is 6.89. The number of aliphatic hydroxyl groups is 1. The van der Waals surface area contributed by atoms with E-state index in [2.05, 4.69) is 104 Å². The Morgan fingerprint density at radius 1 is 0.500 bits per heavy atom. The van der Waals surface area contributed by atoms with E-state index in [-0.39, 0.29) is 12.3 Å². The lowest BCUT2D eigenvalue weighted by atomic mass is 10.1. The van der Waals surface area contributed by atoms with Crippen molar-refractivity contribution < 1.29 is 22.9 Å². The Morgan fingerprint density at radius 3 is 1.34 bits per heavy atom. The number of rotatable bonds is 39. The normalized spacial score (nSPS) is 14.1. The molecule has 0 saturated heterocycles. The van der Waals surface area contributed by atoms with Crippen LogP contribution in [-0.4, -0.2) is 41.9 Å². The summed E-state index contributed by atoms with van der Waals surface area (Å²) in [5.41, 5.74) is 0. The lowest BCUT2D eigenvalue weighted by Gasteiger charge is -2.21. The number of amides is 1. The van der Waals surface area contributed by atoms with Crippen LogP contribution in [0.15, 0.2) is 97.2 Å². The molecule has 0 rings (SSSR count). The second kappa shape index (κ2) is 41.9. The molecule has 56 heavy (non-hydrogen) atoms. The van der Waals surface area contributed by atoms with Gasteiger partial charge in [-0.25, -0.2) is 0 Å². The molecule has 0 heterocycles. The van der Waals surface area contributed by atoms with Gasteiger partial charge in [0.2, 0.25) is 5.91 Å². The van der Waals surface area contributed by atoms with Crippen molar-refractivity contribution in [3.8, 4) is 0 Å². The summed E-state index contributed by atoms with van der Waals surface area (Å²) >= 11 is 0. The molecule has 0 aromatic carbocycles. The SMILES string of the molecule is CC/C=C\C/C=C\C/C=C\C/C=C\C/C=C\CCCCCCCC(=O)NC(CS(=O)(=O)O)C(O)/C=C/CC/C=C/CC/C=C/CCCCCCCCCCCC. The first-order valence-electron chi connectivity index (χ1n) is 22.4. The Hall–Kier alpha value is -2.74. The molecular formula is C49H83NO5S. The molecule has 0 spiro atoms. The van der Waals surface area contributed by atoms with E-state index in [0.29, 0.717) is 12.8 Å². The fraction of sp³-hybridized carbons (Fsp3) is 0.653. The van der Waals surface area contributed by atoms with Crippen LogP contribution < -0.4 is 5.32 Å². The van der Waals surface area contributed by atoms with Gasteiger partial charge in [0.15, 0.2) is 0 Å². The van der Waals surface area contributed by atoms with Crippen LogP contribution in [-0.2, 0) is 14.9 Å². The maximum atomic E-state index is 12.5. The summed E-state index contributed by atoms with van der Waals surface area (Å²) < 4.78 is 32.6. The van der Waals surface area contributed by atoms with Crippen molar-refractivity contribution in [3.05, 3.63) is 97.2 Å². The Bertz CT molecular complexity index is 1240. The smallest absolute Gasteiger partial charge is 0.267 e. The number of allylic oxidation sites excluding steroid dienone is 15. The van der Waals surface area contributed by atoms with E-state index in [1.807, 2.05) is 0 Å². The van der Waals surface area contributed by atoms with Crippen molar-refractivity contribution in [1.29, 1.82) is 0 Å². The number of aliphatic hydroxyl groups excluding tert-OH is 1. The molecule has 0 aliphatic rings. The molecule has 0 bridgehead atoms. The lowest BCUT2D eigenvalue weighted by Crippen LogP contribution is -2.46. The van der Waals surface area contributed by atoms with Crippen LogP contribution >= 0.6 is 0 Å². The molecule has 320 valence electrons. The number of hydrogen-bond acceptors (Lipinski definition) is 4. The van der Waals surface area contributed by atoms with Crippen LogP contribution in [0.2, 0.25) is 0 Å². The van der Waals surface area contributed by atoms with Gasteiger partial charge in [-0.1, -0.05) is 188 Å². The average molecular weight is 798 g/mol. The Morgan fingerprint density at radius 2 is 0.875 bits per heavy atom. The molecular weight excluding hydrogens is 715 g/mol. The molecule has 0 aliphatic carbocycles. The lowest BCUT2D eigenvalue weighted by molar-refractivity contribution is -0.122. The standard InChI is InChI=1S/C49H83NO5S/c1-3-5-7-9-11-13-15-17-19-21-23-25-27-29-31-33-35-37-39-41-43-45-49(52)50-47(46-56(53,54)55)48(51)44-42-40-38-36-34-32-30-28-26-24-22-20-18-16-14-12-10-8-6-4-2/h5,7,11,13,17,19,23,25-26,28-29,31,34,36,42,44,47-48,51H,3-4,6,8-10,12,14-16,18,20-22,24,27,30,32-33,35,37-41,43,45-46H2,1-2H3,(H,50,52)(H,53,54,55)/b7-5-,13-11-,19-17-,25-23-,28-26+,31-29-,36-34+,44-42+. The summed E-state index contributed by atoms with van der Waals surface area (Å²) in [5.74, 6) is -1.04. The van der Waals surface area contributed by atoms with E-state index in [1.165, 1.54) is 76.7 Å². The minimum Gasteiger partial charge on any atom is -0.387 e. The van der Waals surface area contributed by atoms with Gasteiger partial charge < -0.3 is 10.4 Å². The fourth-order valence-electron chi connectivity index (χ4n) is 6.15. The van der Waals surface area contributed by atoms with Gasteiger partial charge in [0.1, 0.15) is 0 Å². The van der Waals surface area contributed by atoms with E-state index >= 15 is 0 Å². The van der Waals surface area contributed by atoms with Gasteiger partial charge in [-0.05, 0) is 89.9 Å². The summed E-state index contributed by atoms with van der Waals surface area (Å²) in [4.78, 5) is 12.5. The average Bonchev–Trinajstić information content (AvgIpc) is 3.16. The van der Waals surface area contributed by atoms with E-state index in [9.17, 15) is 22.9 Å². The largest absolute Gasteiger partial charge is 0.387 e. The first-order chi connectivity index (χ1) is 27.3. The number of hydrogen-bond donors (Lipinski definition) is 3. The third kappa shape index (κ3) is 42.4. The molecule has 2 atom stereocenters. The highest BCUT2D eigenvalue weighted by Crippen LogP contribution is 2.12. The maximum Gasteiger partial charge on any atom is 0.267 e. The van der Waals surface area contributed by atoms with Crippen molar-refractivity contribution in [2.45, 2.75) is 199 Å². The molecule has 7 heteroatoms. The number of carbonyl (C=O) groups excluding carboxylic acids is 1. The number of unbranched alkanes of at least 4 members (excludes halogenated alkanes) is 17. The monoisotopic (exact) mass is 798 g/mol. The van der Waals surface area contributed by atoms with Gasteiger partial charge in [-0.3, -0.25) is 9.35 Å². The highest BCUT2D eigenvalue weighted by Gasteiger charge is 2.24. The van der Waals surface area contributed by atoms with Crippen LogP contribution in [0.25, 0.3) is 0 Å². The van der Waals surface area contributed by atoms with Gasteiger partial charge in [0.05, 0.1) is 17.9 Å². The van der Waals surface area contributed by atoms with Crippen LogP contribution in [0, 0.1) is 0 Å². The van der Waals surface area contributed by atoms with Crippen molar-refractivity contribution in [2.75, 3.05) is 5.75 Å². The summed E-state index contributed by atoms with van der Waals surface area (Å²) in [5, 5.41) is 13.2. The van der Waals surface area contributed by atoms with Gasteiger partial charge >= 0.3 is 0 Å². The van der Waals surface area contributed by atoms with E-state index in [1.54, 1.807) is 6.08 Å². The first kappa shape index (κ1) is 53.3. The zero-order chi connectivity index (χ0) is 41.1. The van der Waals surface area contributed by atoms with E-state index < -0.39 is 28.0 Å². The first-order valence-corrected chi connectivity index (χ1v) is 24.0. The third-order valence-corrected chi connectivity index (χ3v) is 10.3. The molecule has 0 saturated carbocycles. The number of nitrogens with one attached hydrogen (secondary N) is 1. The van der Waals surface area contributed by atoms with Crippen molar-refractivity contribution in [2.24, 2.45) is 0 Å². The van der Waals surface area contributed by atoms with Crippen LogP contribution in [0.3, 0.4) is 0 Å².